The lowest BCUT2D eigenvalue weighted by Crippen LogP contribution is -2.24. The van der Waals surface area contributed by atoms with Gasteiger partial charge in [0.1, 0.15) is 6.33 Å². The molecule has 0 saturated carbocycles. The molecule has 4 aromatic carbocycles. The lowest BCUT2D eigenvalue weighted by Gasteiger charge is -2.12. The summed E-state index contributed by atoms with van der Waals surface area (Å²) < 4.78 is 40.5. The number of aryl methyl sites for hydroxylation is 2. The topological polar surface area (TPSA) is 54.2 Å². The number of hydrazone groups is 1. The van der Waals surface area contributed by atoms with Gasteiger partial charge in [-0.3, -0.25) is 9.99 Å². The highest BCUT2D eigenvalue weighted by Crippen LogP contribution is 2.31. The fourth-order valence-electron chi connectivity index (χ4n) is 4.24. The van der Waals surface area contributed by atoms with Crippen LogP contribution in [-0.4, -0.2) is 20.9 Å². The number of halogens is 3. The van der Waals surface area contributed by atoms with Gasteiger partial charge < -0.3 is 5.32 Å². The molecule has 5 aromatic rings. The van der Waals surface area contributed by atoms with E-state index in [0.29, 0.717) is 10.8 Å². The molecule has 186 valence electrons. The minimum atomic E-state index is -4.37. The summed E-state index contributed by atoms with van der Waals surface area (Å²) in [5.74, 6) is 0. The van der Waals surface area contributed by atoms with Crippen molar-refractivity contribution in [2.75, 3.05) is 5.32 Å². The Labute approximate surface area is 216 Å². The molecule has 0 spiro atoms. The Kier molecular flexibility index (Phi) is 6.39. The van der Waals surface area contributed by atoms with Crippen LogP contribution in [0.4, 0.5) is 18.9 Å². The molecule has 0 aliphatic rings. The van der Waals surface area contributed by atoms with E-state index in [-0.39, 0.29) is 0 Å². The third kappa shape index (κ3) is 5.03. The number of alkyl halides is 3. The van der Waals surface area contributed by atoms with Crippen molar-refractivity contribution in [3.8, 4) is 5.69 Å². The average molecular weight is 518 g/mol. The average Bonchev–Trinajstić information content (AvgIpc) is 3.30. The van der Waals surface area contributed by atoms with Gasteiger partial charge in [-0.15, -0.1) is 0 Å². The summed E-state index contributed by atoms with van der Waals surface area (Å²) >= 11 is 5.37. The maximum absolute atomic E-state index is 12.9. The van der Waals surface area contributed by atoms with Crippen LogP contribution in [0.1, 0.15) is 22.3 Å². The maximum atomic E-state index is 12.9. The molecule has 1 heterocycles. The minimum absolute atomic E-state index is 0.393. The third-order valence-electron chi connectivity index (χ3n) is 6.13. The van der Waals surface area contributed by atoms with Crippen molar-refractivity contribution in [1.82, 2.24) is 15.0 Å². The number of rotatable bonds is 4. The highest BCUT2D eigenvalue weighted by atomic mass is 32.1. The van der Waals surface area contributed by atoms with Gasteiger partial charge >= 0.3 is 6.18 Å². The molecule has 0 unspecified atom stereocenters. The number of hydrogen-bond acceptors (Lipinski definition) is 3. The van der Waals surface area contributed by atoms with Gasteiger partial charge in [0, 0.05) is 16.8 Å². The fourth-order valence-corrected chi connectivity index (χ4v) is 4.40. The summed E-state index contributed by atoms with van der Waals surface area (Å²) in [7, 11) is 0. The van der Waals surface area contributed by atoms with E-state index in [2.05, 4.69) is 20.8 Å². The first kappa shape index (κ1) is 24.5. The molecule has 0 amide bonds. The van der Waals surface area contributed by atoms with Crippen LogP contribution in [0.3, 0.4) is 0 Å². The Balaban J connectivity index is 1.34. The van der Waals surface area contributed by atoms with E-state index in [1.807, 2.05) is 62.4 Å². The second-order valence-corrected chi connectivity index (χ2v) is 9.07. The molecule has 0 atom stereocenters. The molecule has 0 radical (unpaired) electrons. The second kappa shape index (κ2) is 9.67. The molecule has 1 aromatic heterocycles. The van der Waals surface area contributed by atoms with E-state index >= 15 is 0 Å². The Morgan fingerprint density at radius 2 is 1.70 bits per heavy atom. The monoisotopic (exact) mass is 517 g/mol. The standard InChI is InChI=1S/C28H22F3N5S/c1-17-4-3-5-18(2)25(17)34-27(37)35-33-15-19-6-12-23-20(14-19)7-13-24-26(23)32-16-36(24)22-10-8-21(9-11-22)28(29,30)31/h3-16H,1-2H3,(H2,34,35,37)/b33-15+. The number of benzene rings is 4. The predicted molar refractivity (Wildman–Crippen MR) is 146 cm³/mol. The molecule has 5 nitrogen and oxygen atoms in total. The zero-order chi connectivity index (χ0) is 26.2. The molecule has 9 heteroatoms. The number of para-hydroxylation sites is 1. The van der Waals surface area contributed by atoms with Crippen molar-refractivity contribution in [2.24, 2.45) is 5.10 Å². The third-order valence-corrected chi connectivity index (χ3v) is 6.32. The predicted octanol–water partition coefficient (Wildman–Crippen LogP) is 7.13. The number of imidazole rings is 1. The number of fused-ring (bicyclic) bond motifs is 3. The first-order chi connectivity index (χ1) is 17.7. The Bertz CT molecular complexity index is 1630. The quantitative estimate of drug-likeness (QED) is 0.151. The van der Waals surface area contributed by atoms with E-state index in [4.69, 9.17) is 12.2 Å². The van der Waals surface area contributed by atoms with E-state index in [9.17, 15) is 13.2 Å². The van der Waals surface area contributed by atoms with Gasteiger partial charge in [0.15, 0.2) is 5.11 Å². The highest BCUT2D eigenvalue weighted by Gasteiger charge is 2.30. The van der Waals surface area contributed by atoms with Crippen molar-refractivity contribution in [2.45, 2.75) is 20.0 Å². The molecule has 5 rings (SSSR count). The Hall–Kier alpha value is -4.24. The summed E-state index contributed by atoms with van der Waals surface area (Å²) in [6.07, 6.45) is -1.07. The lowest BCUT2D eigenvalue weighted by molar-refractivity contribution is -0.137. The van der Waals surface area contributed by atoms with Gasteiger partial charge in [-0.25, -0.2) is 4.98 Å². The van der Waals surface area contributed by atoms with Gasteiger partial charge in [0.25, 0.3) is 0 Å². The van der Waals surface area contributed by atoms with Crippen LogP contribution in [0, 0.1) is 13.8 Å². The van der Waals surface area contributed by atoms with Gasteiger partial charge in [0.2, 0.25) is 0 Å². The summed E-state index contributed by atoms with van der Waals surface area (Å²) in [5, 5.41) is 9.72. The summed E-state index contributed by atoms with van der Waals surface area (Å²) in [5.41, 5.74) is 8.35. The maximum Gasteiger partial charge on any atom is 0.416 e. The van der Waals surface area contributed by atoms with E-state index < -0.39 is 11.7 Å². The van der Waals surface area contributed by atoms with Crippen molar-refractivity contribution in [1.29, 1.82) is 0 Å². The Morgan fingerprint density at radius 3 is 2.41 bits per heavy atom. The zero-order valence-electron chi connectivity index (χ0n) is 20.0. The summed E-state index contributed by atoms with van der Waals surface area (Å²) in [6, 6.07) is 20.8. The van der Waals surface area contributed by atoms with Crippen molar-refractivity contribution >= 4 is 51.0 Å². The van der Waals surface area contributed by atoms with Gasteiger partial charge in [-0.05, 0) is 84.5 Å². The number of nitrogens with zero attached hydrogens (tertiary/aromatic N) is 3. The summed E-state index contributed by atoms with van der Waals surface area (Å²) in [4.78, 5) is 4.53. The van der Waals surface area contributed by atoms with Gasteiger partial charge in [-0.1, -0.05) is 36.4 Å². The van der Waals surface area contributed by atoms with Crippen molar-refractivity contribution in [3.05, 3.63) is 101 Å². The minimum Gasteiger partial charge on any atom is -0.331 e. The summed E-state index contributed by atoms with van der Waals surface area (Å²) in [6.45, 7) is 4.03. The molecular formula is C28H22F3N5S. The molecular weight excluding hydrogens is 495 g/mol. The SMILES string of the molecule is Cc1cccc(C)c1NC(=S)N/N=C/c1ccc2c(ccc3c2ncn3-c2ccc(C(F)(F)F)cc2)c1. The van der Waals surface area contributed by atoms with Crippen LogP contribution in [0.25, 0.3) is 27.5 Å². The molecule has 2 N–H and O–H groups in total. The molecule has 0 fully saturated rings. The molecule has 37 heavy (non-hydrogen) atoms. The van der Waals surface area contributed by atoms with Crippen LogP contribution in [0.5, 0.6) is 0 Å². The van der Waals surface area contributed by atoms with Crippen LogP contribution < -0.4 is 10.7 Å². The van der Waals surface area contributed by atoms with E-state index in [1.165, 1.54) is 12.1 Å². The van der Waals surface area contributed by atoms with Crippen LogP contribution >= 0.6 is 12.2 Å². The van der Waals surface area contributed by atoms with Crippen molar-refractivity contribution in [3.63, 3.8) is 0 Å². The largest absolute Gasteiger partial charge is 0.416 e. The van der Waals surface area contributed by atoms with Crippen molar-refractivity contribution < 1.29 is 13.2 Å². The Morgan fingerprint density at radius 1 is 0.973 bits per heavy atom. The lowest BCUT2D eigenvalue weighted by atomic mass is 10.1. The number of thiocarbonyl (C=S) groups is 1. The number of aromatic nitrogens is 2. The van der Waals surface area contributed by atoms with Crippen LogP contribution in [-0.2, 0) is 6.18 Å². The van der Waals surface area contributed by atoms with Crippen LogP contribution in [0.15, 0.2) is 84.2 Å². The zero-order valence-corrected chi connectivity index (χ0v) is 20.8. The first-order valence-electron chi connectivity index (χ1n) is 11.4. The number of anilines is 1. The van der Waals surface area contributed by atoms with E-state index in [1.54, 1.807) is 17.1 Å². The molecule has 0 saturated heterocycles. The second-order valence-electron chi connectivity index (χ2n) is 8.66. The number of nitrogens with one attached hydrogen (secondary N) is 2. The molecule has 0 aliphatic heterocycles. The highest BCUT2D eigenvalue weighted by molar-refractivity contribution is 7.80. The van der Waals surface area contributed by atoms with E-state index in [0.717, 1.165) is 56.3 Å². The van der Waals surface area contributed by atoms with Gasteiger partial charge in [0.05, 0.1) is 22.8 Å². The molecule has 0 bridgehead atoms. The van der Waals surface area contributed by atoms with Gasteiger partial charge in [-0.2, -0.15) is 18.3 Å². The number of hydrogen-bond donors (Lipinski definition) is 2. The smallest absolute Gasteiger partial charge is 0.331 e. The first-order valence-corrected chi connectivity index (χ1v) is 11.9. The normalized spacial score (nSPS) is 11.9. The molecule has 0 aliphatic carbocycles. The van der Waals surface area contributed by atoms with Crippen LogP contribution in [0.2, 0.25) is 0 Å². The fraction of sp³-hybridized carbons (Fsp3) is 0.107.